The molecule has 0 aliphatic heterocycles. The number of anilines is 2. The summed E-state index contributed by atoms with van der Waals surface area (Å²) in [5.74, 6) is 0.801. The fourth-order valence-electron chi connectivity index (χ4n) is 1.68. The highest BCUT2D eigenvalue weighted by atomic mass is 79.9. The van der Waals surface area contributed by atoms with Crippen LogP contribution in [0.2, 0.25) is 0 Å². The summed E-state index contributed by atoms with van der Waals surface area (Å²) in [6, 6.07) is 5.78. The predicted octanol–water partition coefficient (Wildman–Crippen LogP) is 2.37. The summed E-state index contributed by atoms with van der Waals surface area (Å²) in [4.78, 5) is 4.29. The first-order valence-corrected chi connectivity index (χ1v) is 6.20. The topological polar surface area (TPSA) is 71.2 Å². The normalized spacial score (nSPS) is 10.7. The van der Waals surface area contributed by atoms with Gasteiger partial charge in [-0.2, -0.15) is 0 Å². The van der Waals surface area contributed by atoms with Gasteiger partial charge in [-0.3, -0.25) is 0 Å². The number of benzene rings is 1. The molecule has 4 N–H and O–H groups in total. The van der Waals surface area contributed by atoms with Crippen molar-refractivity contribution >= 4 is 38.2 Å². The maximum atomic E-state index is 8.75. The number of fused-ring (bicyclic) bond motifs is 1. The van der Waals surface area contributed by atoms with E-state index < -0.39 is 0 Å². The van der Waals surface area contributed by atoms with Gasteiger partial charge in [-0.05, 0) is 40.5 Å². The number of nitrogens with one attached hydrogen (secondary N) is 1. The van der Waals surface area contributed by atoms with Crippen molar-refractivity contribution in [3.05, 3.63) is 28.9 Å². The Morgan fingerprint density at radius 3 is 2.88 bits per heavy atom. The lowest BCUT2D eigenvalue weighted by Gasteiger charge is -2.10. The van der Waals surface area contributed by atoms with Gasteiger partial charge >= 0.3 is 0 Å². The van der Waals surface area contributed by atoms with Gasteiger partial charge in [-0.15, -0.1) is 0 Å². The molecular formula is C12H14BrN3O. The highest BCUT2D eigenvalue weighted by molar-refractivity contribution is 9.10. The number of nitrogens with two attached hydrogens (primary N) is 1. The molecule has 0 saturated heterocycles. The lowest BCUT2D eigenvalue weighted by atomic mass is 10.1. The quantitative estimate of drug-likeness (QED) is 0.598. The van der Waals surface area contributed by atoms with E-state index in [9.17, 15) is 0 Å². The molecule has 0 fully saturated rings. The van der Waals surface area contributed by atoms with Crippen LogP contribution in [-0.2, 0) is 0 Å². The molecule has 0 atom stereocenters. The Hall–Kier alpha value is -1.33. The number of rotatable bonds is 4. The van der Waals surface area contributed by atoms with Crippen molar-refractivity contribution in [2.45, 2.75) is 6.42 Å². The largest absolute Gasteiger partial charge is 0.397 e. The number of aliphatic hydroxyl groups is 1. The Morgan fingerprint density at radius 2 is 2.12 bits per heavy atom. The minimum atomic E-state index is 0.172. The van der Waals surface area contributed by atoms with Crippen LogP contribution in [-0.4, -0.2) is 23.2 Å². The van der Waals surface area contributed by atoms with Gasteiger partial charge in [0.2, 0.25) is 0 Å². The van der Waals surface area contributed by atoms with Crippen LogP contribution < -0.4 is 11.1 Å². The van der Waals surface area contributed by atoms with Crippen LogP contribution in [0.5, 0.6) is 0 Å². The minimum Gasteiger partial charge on any atom is -0.397 e. The third-order valence-electron chi connectivity index (χ3n) is 2.56. The summed E-state index contributed by atoms with van der Waals surface area (Å²) in [5, 5.41) is 13.9. The molecule has 2 rings (SSSR count). The zero-order chi connectivity index (χ0) is 12.3. The zero-order valence-electron chi connectivity index (χ0n) is 9.28. The first kappa shape index (κ1) is 12.1. The van der Waals surface area contributed by atoms with Gasteiger partial charge in [-0.25, -0.2) is 4.98 Å². The number of aliphatic hydroxyl groups excluding tert-OH is 1. The molecule has 2 aromatic rings. The lowest BCUT2D eigenvalue weighted by Crippen LogP contribution is -2.05. The molecule has 17 heavy (non-hydrogen) atoms. The van der Waals surface area contributed by atoms with Gasteiger partial charge < -0.3 is 16.2 Å². The molecule has 0 aliphatic carbocycles. The standard InChI is InChI=1S/C12H14BrN3O/c13-10-3-2-9-8(11(10)14)4-6-16-12(9)15-5-1-7-17/h2-4,6,17H,1,5,7,14H2,(H,15,16). The molecule has 0 spiro atoms. The van der Waals surface area contributed by atoms with Gasteiger partial charge in [0, 0.05) is 34.6 Å². The Bertz CT molecular complexity index is 530. The predicted molar refractivity (Wildman–Crippen MR) is 74.0 cm³/mol. The van der Waals surface area contributed by atoms with Crippen molar-refractivity contribution in [2.75, 3.05) is 24.2 Å². The summed E-state index contributed by atoms with van der Waals surface area (Å²) in [6.45, 7) is 0.865. The van der Waals surface area contributed by atoms with E-state index >= 15 is 0 Å². The molecule has 4 nitrogen and oxygen atoms in total. The number of hydrogen-bond donors (Lipinski definition) is 3. The summed E-state index contributed by atoms with van der Waals surface area (Å²) in [6.07, 6.45) is 2.43. The van der Waals surface area contributed by atoms with E-state index in [2.05, 4.69) is 26.2 Å². The number of halogens is 1. The van der Waals surface area contributed by atoms with E-state index in [0.29, 0.717) is 13.0 Å². The molecule has 1 aromatic carbocycles. The minimum absolute atomic E-state index is 0.172. The lowest BCUT2D eigenvalue weighted by molar-refractivity contribution is 0.292. The summed E-state index contributed by atoms with van der Waals surface area (Å²) in [5.41, 5.74) is 6.72. The monoisotopic (exact) mass is 295 g/mol. The second-order valence-electron chi connectivity index (χ2n) is 3.72. The first-order valence-electron chi connectivity index (χ1n) is 5.41. The number of pyridine rings is 1. The van der Waals surface area contributed by atoms with Crippen LogP contribution in [0.25, 0.3) is 10.8 Å². The Balaban J connectivity index is 2.40. The van der Waals surface area contributed by atoms with Gasteiger partial charge in [0.25, 0.3) is 0 Å². The van der Waals surface area contributed by atoms with Gasteiger partial charge in [-0.1, -0.05) is 0 Å². The molecule has 0 radical (unpaired) electrons. The molecule has 90 valence electrons. The van der Waals surface area contributed by atoms with Crippen LogP contribution in [0.4, 0.5) is 11.5 Å². The van der Waals surface area contributed by atoms with Crippen molar-refractivity contribution in [1.29, 1.82) is 0 Å². The third kappa shape index (κ3) is 2.50. The molecule has 0 saturated carbocycles. The van der Waals surface area contributed by atoms with Crippen LogP contribution in [0, 0.1) is 0 Å². The maximum Gasteiger partial charge on any atom is 0.133 e. The summed E-state index contributed by atoms with van der Waals surface area (Å²) < 4.78 is 0.887. The third-order valence-corrected chi connectivity index (χ3v) is 3.25. The molecule has 0 bridgehead atoms. The van der Waals surface area contributed by atoms with E-state index in [0.717, 1.165) is 26.8 Å². The molecular weight excluding hydrogens is 282 g/mol. The molecule has 1 heterocycles. The average molecular weight is 296 g/mol. The number of nitrogens with zero attached hydrogens (tertiary/aromatic N) is 1. The molecule has 5 heteroatoms. The fourth-order valence-corrected chi connectivity index (χ4v) is 2.02. The highest BCUT2D eigenvalue weighted by Crippen LogP contribution is 2.31. The zero-order valence-corrected chi connectivity index (χ0v) is 10.9. The van der Waals surface area contributed by atoms with E-state index in [4.69, 9.17) is 10.8 Å². The second-order valence-corrected chi connectivity index (χ2v) is 4.57. The van der Waals surface area contributed by atoms with Crippen molar-refractivity contribution in [1.82, 2.24) is 4.98 Å². The average Bonchev–Trinajstić information content (AvgIpc) is 2.35. The van der Waals surface area contributed by atoms with Crippen LogP contribution in [0.1, 0.15) is 6.42 Å². The van der Waals surface area contributed by atoms with Crippen LogP contribution in [0.3, 0.4) is 0 Å². The summed E-state index contributed by atoms with van der Waals surface area (Å²) in [7, 11) is 0. The Morgan fingerprint density at radius 1 is 1.29 bits per heavy atom. The maximum absolute atomic E-state index is 8.75. The highest BCUT2D eigenvalue weighted by Gasteiger charge is 2.06. The van der Waals surface area contributed by atoms with E-state index in [1.54, 1.807) is 6.20 Å². The van der Waals surface area contributed by atoms with E-state index in [-0.39, 0.29) is 6.61 Å². The van der Waals surface area contributed by atoms with Crippen LogP contribution >= 0.6 is 15.9 Å². The fraction of sp³-hybridized carbons (Fsp3) is 0.250. The molecule has 0 amide bonds. The molecule has 0 aliphatic rings. The van der Waals surface area contributed by atoms with Gasteiger partial charge in [0.1, 0.15) is 5.82 Å². The smallest absolute Gasteiger partial charge is 0.133 e. The Kier molecular flexibility index (Phi) is 3.81. The van der Waals surface area contributed by atoms with Gasteiger partial charge in [0.15, 0.2) is 0 Å². The van der Waals surface area contributed by atoms with Crippen molar-refractivity contribution in [3.8, 4) is 0 Å². The van der Waals surface area contributed by atoms with Crippen LogP contribution in [0.15, 0.2) is 28.9 Å². The number of aromatic nitrogens is 1. The second kappa shape index (κ2) is 5.33. The van der Waals surface area contributed by atoms with Crippen molar-refractivity contribution in [3.63, 3.8) is 0 Å². The first-order chi connectivity index (χ1) is 8.24. The Labute approximate surface area is 108 Å². The SMILES string of the molecule is Nc1c(Br)ccc2c(NCCCO)nccc12. The summed E-state index contributed by atoms with van der Waals surface area (Å²) >= 11 is 3.41. The molecule has 0 unspecified atom stereocenters. The van der Waals surface area contributed by atoms with E-state index in [1.165, 1.54) is 0 Å². The molecule has 1 aromatic heterocycles. The number of hydrogen-bond acceptors (Lipinski definition) is 4. The number of nitrogen functional groups attached to an aromatic ring is 1. The van der Waals surface area contributed by atoms with Crippen molar-refractivity contribution < 1.29 is 5.11 Å². The van der Waals surface area contributed by atoms with Crippen molar-refractivity contribution in [2.24, 2.45) is 0 Å². The van der Waals surface area contributed by atoms with E-state index in [1.807, 2.05) is 18.2 Å². The van der Waals surface area contributed by atoms with Gasteiger partial charge in [0.05, 0.1) is 5.69 Å².